The number of aromatic nitrogens is 4. The molecule has 5 nitrogen and oxygen atoms in total. The lowest BCUT2D eigenvalue weighted by molar-refractivity contribution is 0.0969. The summed E-state index contributed by atoms with van der Waals surface area (Å²) in [7, 11) is 0. The van der Waals surface area contributed by atoms with Crippen molar-refractivity contribution in [2.24, 2.45) is 23.7 Å². The fourth-order valence-electron chi connectivity index (χ4n) is 9.82. The molecule has 2 atom stereocenters. The molecule has 0 aliphatic heterocycles. The van der Waals surface area contributed by atoms with Gasteiger partial charge in [-0.3, -0.25) is 4.98 Å². The molecule has 5 heteroatoms. The van der Waals surface area contributed by atoms with Crippen LogP contribution in [-0.4, -0.2) is 19.9 Å². The third kappa shape index (κ3) is 7.56. The van der Waals surface area contributed by atoms with Crippen molar-refractivity contribution in [3.05, 3.63) is 168 Å². The van der Waals surface area contributed by atoms with Crippen molar-refractivity contribution in [1.29, 1.82) is 5.26 Å². The average molecular weight is 738 g/mol. The van der Waals surface area contributed by atoms with Gasteiger partial charge in [0.25, 0.3) is 0 Å². The van der Waals surface area contributed by atoms with Gasteiger partial charge in [-0.15, -0.1) is 0 Å². The Kier molecular flexibility index (Phi) is 9.32. The number of pyridine rings is 1. The number of hydrogen-bond acceptors (Lipinski definition) is 5. The standard InChI is InChI=1S/C52H43N5/c53-33-35-10-13-41(14-11-35)45-19-18-44-30-36(12-17-46(44)31-45)24-38-27-39-25-37(26-40(28-38)29-39)23-34-8-15-43(16-9-34)51-55-50(42-5-2-1-3-6-42)56-52(57-51)48-20-21-49-47(32-48)7-4-22-54-49/h1-22,30-32,37-40H,23-29H2. The maximum Gasteiger partial charge on any atom is 0.164 e. The summed E-state index contributed by atoms with van der Waals surface area (Å²) >= 11 is 0. The van der Waals surface area contributed by atoms with Gasteiger partial charge in [0.1, 0.15) is 0 Å². The first-order valence-electron chi connectivity index (χ1n) is 20.4. The van der Waals surface area contributed by atoms with E-state index in [1.165, 1.54) is 66.0 Å². The topological polar surface area (TPSA) is 75.3 Å². The van der Waals surface area contributed by atoms with Crippen LogP contribution in [0.5, 0.6) is 0 Å². The van der Waals surface area contributed by atoms with Gasteiger partial charge in [0.05, 0.1) is 17.1 Å². The fourth-order valence-corrected chi connectivity index (χ4v) is 9.82. The molecule has 0 N–H and O–H groups in total. The van der Waals surface area contributed by atoms with Crippen LogP contribution in [0.15, 0.2) is 152 Å². The van der Waals surface area contributed by atoms with Crippen molar-refractivity contribution in [3.63, 3.8) is 0 Å². The second kappa shape index (κ2) is 15.2. The molecule has 2 heterocycles. The van der Waals surface area contributed by atoms with Gasteiger partial charge < -0.3 is 0 Å². The Bertz CT molecular complexity index is 2740. The first-order valence-corrected chi connectivity index (χ1v) is 20.4. The van der Waals surface area contributed by atoms with Gasteiger partial charge in [-0.25, -0.2) is 15.0 Å². The predicted octanol–water partition coefficient (Wildman–Crippen LogP) is 12.3. The van der Waals surface area contributed by atoms with E-state index in [0.29, 0.717) is 23.0 Å². The highest BCUT2D eigenvalue weighted by Gasteiger charge is 2.36. The van der Waals surface area contributed by atoms with Crippen molar-refractivity contribution < 1.29 is 0 Å². The van der Waals surface area contributed by atoms with Crippen molar-refractivity contribution in [1.82, 2.24) is 19.9 Å². The van der Waals surface area contributed by atoms with Gasteiger partial charge in [-0.1, -0.05) is 103 Å². The lowest BCUT2D eigenvalue weighted by Gasteiger charge is -2.43. The molecule has 276 valence electrons. The van der Waals surface area contributed by atoms with Crippen molar-refractivity contribution >= 4 is 21.7 Å². The summed E-state index contributed by atoms with van der Waals surface area (Å²) < 4.78 is 0. The zero-order chi connectivity index (χ0) is 38.1. The number of hydrogen-bond donors (Lipinski definition) is 0. The molecule has 0 amide bonds. The molecule has 0 spiro atoms. The van der Waals surface area contributed by atoms with Crippen LogP contribution in [0.25, 0.3) is 67.0 Å². The predicted molar refractivity (Wildman–Crippen MR) is 230 cm³/mol. The van der Waals surface area contributed by atoms with Gasteiger partial charge in [0, 0.05) is 28.3 Å². The van der Waals surface area contributed by atoms with Crippen LogP contribution >= 0.6 is 0 Å². The Morgan fingerprint density at radius 3 is 1.74 bits per heavy atom. The zero-order valence-electron chi connectivity index (χ0n) is 31.9. The quantitative estimate of drug-likeness (QED) is 0.155. The smallest absolute Gasteiger partial charge is 0.164 e. The Balaban J connectivity index is 0.805. The average Bonchev–Trinajstić information content (AvgIpc) is 3.26. The highest BCUT2D eigenvalue weighted by molar-refractivity contribution is 5.88. The molecule has 2 fully saturated rings. The van der Waals surface area contributed by atoms with Gasteiger partial charge in [-0.05, 0) is 144 Å². The third-order valence-corrected chi connectivity index (χ3v) is 12.4. The number of nitriles is 1. The second-order valence-corrected chi connectivity index (χ2v) is 16.4. The van der Waals surface area contributed by atoms with Gasteiger partial charge in [0.15, 0.2) is 17.5 Å². The lowest BCUT2D eigenvalue weighted by atomic mass is 9.63. The van der Waals surface area contributed by atoms with E-state index in [9.17, 15) is 0 Å². The minimum Gasteiger partial charge on any atom is -0.256 e. The van der Waals surface area contributed by atoms with Crippen molar-refractivity contribution in [2.45, 2.75) is 44.9 Å². The maximum atomic E-state index is 9.16. The molecule has 57 heavy (non-hydrogen) atoms. The minimum absolute atomic E-state index is 0.663. The van der Waals surface area contributed by atoms with E-state index in [1.807, 2.05) is 66.9 Å². The normalized spacial score (nSPS) is 19.0. The molecule has 2 aliphatic carbocycles. The van der Waals surface area contributed by atoms with Gasteiger partial charge >= 0.3 is 0 Å². The maximum absolute atomic E-state index is 9.16. The van der Waals surface area contributed by atoms with Crippen LogP contribution in [0.2, 0.25) is 0 Å². The minimum atomic E-state index is 0.663. The van der Waals surface area contributed by atoms with Crippen LogP contribution in [-0.2, 0) is 12.8 Å². The molecule has 2 aromatic heterocycles. The molecule has 2 saturated carbocycles. The molecule has 2 aliphatic rings. The third-order valence-electron chi connectivity index (χ3n) is 12.4. The van der Waals surface area contributed by atoms with Crippen molar-refractivity contribution in [3.8, 4) is 51.4 Å². The zero-order valence-corrected chi connectivity index (χ0v) is 31.9. The molecular formula is C52H43N5. The van der Waals surface area contributed by atoms with Crippen molar-refractivity contribution in [2.75, 3.05) is 0 Å². The van der Waals surface area contributed by atoms with E-state index in [2.05, 4.69) is 96.0 Å². The number of fused-ring (bicyclic) bond motifs is 4. The van der Waals surface area contributed by atoms with Gasteiger partial charge in [0.2, 0.25) is 0 Å². The highest BCUT2D eigenvalue weighted by atomic mass is 15.0. The highest BCUT2D eigenvalue weighted by Crippen LogP contribution is 2.47. The Morgan fingerprint density at radius 2 is 1.02 bits per heavy atom. The summed E-state index contributed by atoms with van der Waals surface area (Å²) in [6.07, 6.45) is 10.9. The first-order chi connectivity index (χ1) is 28.1. The largest absolute Gasteiger partial charge is 0.256 e. The van der Waals surface area contributed by atoms with Crippen LogP contribution < -0.4 is 0 Å². The molecule has 0 radical (unpaired) electrons. The summed E-state index contributed by atoms with van der Waals surface area (Å²) in [6, 6.07) is 53.3. The monoisotopic (exact) mass is 737 g/mol. The van der Waals surface area contributed by atoms with Crippen LogP contribution in [0.3, 0.4) is 0 Å². The number of benzene rings is 6. The summed E-state index contributed by atoms with van der Waals surface area (Å²) in [5.41, 5.74) is 9.77. The SMILES string of the molecule is N#Cc1ccc(-c2ccc3cc(CC4CC5CC(Cc6ccc(-c7nc(-c8ccccc8)nc(-c8ccc9ncccc9c8)n7)cc6)CC(C4)C5)ccc3c2)cc1. The summed E-state index contributed by atoms with van der Waals surface area (Å²) in [5, 5.41) is 12.8. The van der Waals surface area contributed by atoms with Gasteiger partial charge in [-0.2, -0.15) is 5.26 Å². The summed E-state index contributed by atoms with van der Waals surface area (Å²) in [4.78, 5) is 19.4. The summed E-state index contributed by atoms with van der Waals surface area (Å²) in [6.45, 7) is 0. The number of rotatable bonds is 8. The van der Waals surface area contributed by atoms with Crippen LogP contribution in [0.4, 0.5) is 0 Å². The molecule has 10 rings (SSSR count). The summed E-state index contributed by atoms with van der Waals surface area (Å²) in [5.74, 6) is 5.18. The van der Waals surface area contributed by atoms with E-state index >= 15 is 0 Å². The second-order valence-electron chi connectivity index (χ2n) is 16.4. The molecule has 0 saturated heterocycles. The first kappa shape index (κ1) is 34.9. The molecular weight excluding hydrogens is 695 g/mol. The molecule has 8 aromatic rings. The number of nitrogens with zero attached hydrogens (tertiary/aromatic N) is 5. The lowest BCUT2D eigenvalue weighted by Crippen LogP contribution is -2.32. The fraction of sp³-hybridized carbons (Fsp3) is 0.212. The Hall–Kier alpha value is -6.51. The van der Waals surface area contributed by atoms with E-state index in [0.717, 1.165) is 63.2 Å². The van der Waals surface area contributed by atoms with E-state index in [4.69, 9.17) is 20.2 Å². The van der Waals surface area contributed by atoms with Crippen LogP contribution in [0.1, 0.15) is 48.8 Å². The van der Waals surface area contributed by atoms with Crippen LogP contribution in [0, 0.1) is 35.0 Å². The van der Waals surface area contributed by atoms with E-state index in [1.54, 1.807) is 0 Å². The Morgan fingerprint density at radius 1 is 0.456 bits per heavy atom. The Labute approximate surface area is 334 Å². The van der Waals surface area contributed by atoms with E-state index < -0.39 is 0 Å². The molecule has 2 unspecified atom stereocenters. The molecule has 2 bridgehead atoms. The molecule has 6 aromatic carbocycles. The van der Waals surface area contributed by atoms with E-state index in [-0.39, 0.29) is 0 Å².